The van der Waals surface area contributed by atoms with Crippen LogP contribution in [0.25, 0.3) is 0 Å². The molecule has 1 aliphatic heterocycles. The van der Waals surface area contributed by atoms with Gasteiger partial charge in [-0.15, -0.1) is 30.6 Å². The molecule has 0 atom stereocenters. The van der Waals surface area contributed by atoms with Crippen LogP contribution < -0.4 is 10.6 Å². The third-order valence-corrected chi connectivity index (χ3v) is 2.46. The van der Waals surface area contributed by atoms with Crippen molar-refractivity contribution < 1.29 is 4.74 Å². The van der Waals surface area contributed by atoms with Gasteiger partial charge in [-0.1, -0.05) is 6.08 Å². The van der Waals surface area contributed by atoms with Crippen LogP contribution in [0.1, 0.15) is 0 Å². The Balaban J connectivity index is 0.00000256. The van der Waals surface area contributed by atoms with E-state index in [-0.39, 0.29) is 24.0 Å². The molecule has 0 unspecified atom stereocenters. The van der Waals surface area contributed by atoms with Crippen molar-refractivity contribution in [2.45, 2.75) is 0 Å². The van der Waals surface area contributed by atoms with E-state index in [2.05, 4.69) is 27.1 Å². The van der Waals surface area contributed by atoms with E-state index in [9.17, 15) is 0 Å². The number of halogens is 1. The molecule has 1 saturated heterocycles. The molecule has 100 valence electrons. The van der Waals surface area contributed by atoms with Gasteiger partial charge in [-0.3, -0.25) is 9.89 Å². The highest BCUT2D eigenvalue weighted by Gasteiger charge is 2.09. The maximum atomic E-state index is 5.29. The van der Waals surface area contributed by atoms with Gasteiger partial charge >= 0.3 is 0 Å². The Morgan fingerprint density at radius 2 is 2.12 bits per heavy atom. The third kappa shape index (κ3) is 7.56. The smallest absolute Gasteiger partial charge is 0.191 e. The summed E-state index contributed by atoms with van der Waals surface area (Å²) in [5, 5.41) is 6.39. The summed E-state index contributed by atoms with van der Waals surface area (Å²) in [6.07, 6.45) is 1.81. The van der Waals surface area contributed by atoms with Gasteiger partial charge in [-0.25, -0.2) is 0 Å². The molecule has 0 spiro atoms. The van der Waals surface area contributed by atoms with Gasteiger partial charge in [0.1, 0.15) is 0 Å². The number of aliphatic imine (C=N–C) groups is 1. The van der Waals surface area contributed by atoms with Crippen LogP contribution >= 0.6 is 24.0 Å². The molecule has 0 aromatic rings. The molecule has 0 radical (unpaired) electrons. The second kappa shape index (κ2) is 10.8. The minimum Gasteiger partial charge on any atom is -0.379 e. The van der Waals surface area contributed by atoms with Gasteiger partial charge in [0.25, 0.3) is 0 Å². The summed E-state index contributed by atoms with van der Waals surface area (Å²) in [7, 11) is 1.77. The van der Waals surface area contributed by atoms with E-state index in [0.717, 1.165) is 51.9 Å². The Bertz CT molecular complexity index is 230. The molecule has 1 heterocycles. The number of nitrogens with one attached hydrogen (secondary N) is 2. The van der Waals surface area contributed by atoms with Crippen molar-refractivity contribution >= 4 is 29.9 Å². The molecule has 1 fully saturated rings. The Hall–Kier alpha value is -0.340. The summed E-state index contributed by atoms with van der Waals surface area (Å²) in [5.74, 6) is 0.827. The highest BCUT2D eigenvalue weighted by atomic mass is 127. The van der Waals surface area contributed by atoms with Crippen LogP contribution in [0.5, 0.6) is 0 Å². The molecule has 0 amide bonds. The van der Waals surface area contributed by atoms with Gasteiger partial charge in [-0.05, 0) is 0 Å². The van der Waals surface area contributed by atoms with E-state index < -0.39 is 0 Å². The van der Waals surface area contributed by atoms with E-state index in [1.165, 1.54) is 0 Å². The minimum absolute atomic E-state index is 0. The fourth-order valence-electron chi connectivity index (χ4n) is 1.55. The van der Waals surface area contributed by atoms with Crippen molar-refractivity contribution in [3.63, 3.8) is 0 Å². The predicted octanol–water partition coefficient (Wildman–Crippen LogP) is 0.288. The second-order valence-corrected chi connectivity index (χ2v) is 3.62. The quantitative estimate of drug-likeness (QED) is 0.323. The molecule has 1 aliphatic rings. The van der Waals surface area contributed by atoms with E-state index >= 15 is 0 Å². The zero-order chi connectivity index (χ0) is 11.6. The molecule has 17 heavy (non-hydrogen) atoms. The van der Waals surface area contributed by atoms with E-state index in [4.69, 9.17) is 4.74 Å². The van der Waals surface area contributed by atoms with Crippen LogP contribution in [0.2, 0.25) is 0 Å². The van der Waals surface area contributed by atoms with E-state index in [1.807, 2.05) is 6.08 Å². The van der Waals surface area contributed by atoms with Gasteiger partial charge < -0.3 is 15.4 Å². The lowest BCUT2D eigenvalue weighted by molar-refractivity contribution is 0.0389. The molecule has 1 rings (SSSR count). The average molecular weight is 354 g/mol. The number of hydrogen-bond acceptors (Lipinski definition) is 3. The van der Waals surface area contributed by atoms with Crippen molar-refractivity contribution in [3.05, 3.63) is 12.7 Å². The maximum absolute atomic E-state index is 5.29. The normalized spacial score (nSPS) is 17.1. The van der Waals surface area contributed by atoms with Gasteiger partial charge in [0.2, 0.25) is 0 Å². The first kappa shape index (κ1) is 16.7. The van der Waals surface area contributed by atoms with Crippen molar-refractivity contribution in [2.75, 3.05) is 53.0 Å². The Kier molecular flexibility index (Phi) is 10.6. The molecule has 0 aromatic carbocycles. The van der Waals surface area contributed by atoms with Crippen LogP contribution in [0.3, 0.4) is 0 Å². The third-order valence-electron chi connectivity index (χ3n) is 2.46. The van der Waals surface area contributed by atoms with Crippen LogP contribution in [0.15, 0.2) is 17.6 Å². The van der Waals surface area contributed by atoms with Crippen molar-refractivity contribution in [1.82, 2.24) is 15.5 Å². The Morgan fingerprint density at radius 1 is 1.41 bits per heavy atom. The average Bonchev–Trinajstić information content (AvgIpc) is 2.35. The van der Waals surface area contributed by atoms with Crippen LogP contribution in [-0.4, -0.2) is 63.8 Å². The first-order valence-corrected chi connectivity index (χ1v) is 5.72. The highest BCUT2D eigenvalue weighted by molar-refractivity contribution is 14.0. The summed E-state index contributed by atoms with van der Waals surface area (Å²) in [6, 6.07) is 0. The number of hydrogen-bond donors (Lipinski definition) is 2. The van der Waals surface area contributed by atoms with Crippen LogP contribution in [-0.2, 0) is 4.74 Å². The lowest BCUT2D eigenvalue weighted by Crippen LogP contribution is -2.44. The number of guanidine groups is 1. The lowest BCUT2D eigenvalue weighted by Gasteiger charge is -2.26. The van der Waals surface area contributed by atoms with Gasteiger partial charge in [0, 0.05) is 39.8 Å². The highest BCUT2D eigenvalue weighted by Crippen LogP contribution is 1.94. The second-order valence-electron chi connectivity index (χ2n) is 3.62. The molecule has 0 saturated carbocycles. The van der Waals surface area contributed by atoms with Crippen molar-refractivity contribution in [2.24, 2.45) is 4.99 Å². The van der Waals surface area contributed by atoms with E-state index in [0.29, 0.717) is 0 Å². The number of ether oxygens (including phenoxy) is 1. The minimum atomic E-state index is 0. The molecule has 5 nitrogen and oxygen atoms in total. The summed E-state index contributed by atoms with van der Waals surface area (Å²) < 4.78 is 5.29. The standard InChI is InChI=1S/C11H22N4O.HI/c1-3-4-13-11(12-2)14-5-6-15-7-9-16-10-8-15;/h3H,1,4-10H2,2H3,(H2,12,13,14);1H. The van der Waals surface area contributed by atoms with Gasteiger partial charge in [0.15, 0.2) is 5.96 Å². The van der Waals surface area contributed by atoms with Crippen LogP contribution in [0.4, 0.5) is 0 Å². The summed E-state index contributed by atoms with van der Waals surface area (Å²) in [6.45, 7) is 10.1. The molecule has 0 aliphatic carbocycles. The summed E-state index contributed by atoms with van der Waals surface area (Å²) >= 11 is 0. The van der Waals surface area contributed by atoms with Crippen LogP contribution in [0, 0.1) is 0 Å². The molecule has 0 aromatic heterocycles. The largest absolute Gasteiger partial charge is 0.379 e. The summed E-state index contributed by atoms with van der Waals surface area (Å²) in [5.41, 5.74) is 0. The first-order chi connectivity index (χ1) is 7.86. The molecular formula is C11H23IN4O. The van der Waals surface area contributed by atoms with Crippen molar-refractivity contribution in [1.29, 1.82) is 0 Å². The Morgan fingerprint density at radius 3 is 2.71 bits per heavy atom. The Labute approximate surface area is 121 Å². The number of nitrogens with zero attached hydrogens (tertiary/aromatic N) is 2. The zero-order valence-electron chi connectivity index (χ0n) is 10.4. The fourth-order valence-corrected chi connectivity index (χ4v) is 1.55. The van der Waals surface area contributed by atoms with Crippen molar-refractivity contribution in [3.8, 4) is 0 Å². The lowest BCUT2D eigenvalue weighted by atomic mass is 10.4. The molecule has 0 bridgehead atoms. The fraction of sp³-hybridized carbons (Fsp3) is 0.727. The SMILES string of the molecule is C=CCNC(=NC)NCCN1CCOCC1.I. The number of morpholine rings is 1. The molecule has 6 heteroatoms. The molecule has 2 N–H and O–H groups in total. The maximum Gasteiger partial charge on any atom is 0.191 e. The molecular weight excluding hydrogens is 331 g/mol. The van der Waals surface area contributed by atoms with E-state index in [1.54, 1.807) is 7.05 Å². The monoisotopic (exact) mass is 354 g/mol. The first-order valence-electron chi connectivity index (χ1n) is 5.72. The predicted molar refractivity (Wildman–Crippen MR) is 82.2 cm³/mol. The topological polar surface area (TPSA) is 48.9 Å². The zero-order valence-corrected chi connectivity index (χ0v) is 12.8. The summed E-state index contributed by atoms with van der Waals surface area (Å²) in [4.78, 5) is 6.50. The van der Waals surface area contributed by atoms with Gasteiger partial charge in [-0.2, -0.15) is 0 Å². The number of rotatable bonds is 5. The van der Waals surface area contributed by atoms with Gasteiger partial charge in [0.05, 0.1) is 13.2 Å².